The van der Waals surface area contributed by atoms with Gasteiger partial charge in [-0.3, -0.25) is 0 Å². The van der Waals surface area contributed by atoms with E-state index in [1.165, 1.54) is 0 Å². The summed E-state index contributed by atoms with van der Waals surface area (Å²) in [7, 11) is 0. The predicted molar refractivity (Wildman–Crippen MR) is 209 cm³/mol. The molecule has 1 aliphatic carbocycles. The van der Waals surface area contributed by atoms with E-state index < -0.39 is 11.5 Å². The van der Waals surface area contributed by atoms with Crippen LogP contribution in [-0.4, -0.2) is 0 Å². The van der Waals surface area contributed by atoms with Gasteiger partial charge in [-0.05, 0) is 80.4 Å². The van der Waals surface area contributed by atoms with E-state index in [1.54, 1.807) is 0 Å². The molecule has 8 aromatic rings. The SMILES string of the molecule is [2H]c1c([2H])c([2H])c(C2(c3ccccc3)c3ccccc3-c3ccc(N(c4ccc(-c5ccccc5)cc4)c4ccccc4-c4ccccc4)cc32)c([2H])c1[2H]. The number of fused-ring (bicyclic) bond motifs is 3. The molecule has 1 nitrogen and oxygen atoms in total. The van der Waals surface area contributed by atoms with Gasteiger partial charge < -0.3 is 4.90 Å². The summed E-state index contributed by atoms with van der Waals surface area (Å²) in [5.41, 5.74) is 10.6. The lowest BCUT2D eigenvalue weighted by atomic mass is 9.67. The lowest BCUT2D eigenvalue weighted by Crippen LogP contribution is -2.28. The Morgan fingerprint density at radius 3 is 1.64 bits per heavy atom. The van der Waals surface area contributed by atoms with Gasteiger partial charge in [0.1, 0.15) is 0 Å². The van der Waals surface area contributed by atoms with Crippen molar-refractivity contribution < 1.29 is 6.85 Å². The fourth-order valence-electron chi connectivity index (χ4n) is 7.65. The molecule has 0 saturated carbocycles. The minimum atomic E-state index is -1.22. The van der Waals surface area contributed by atoms with E-state index in [0.717, 1.165) is 67.1 Å². The Hall–Kier alpha value is -6.44. The van der Waals surface area contributed by atoms with Crippen molar-refractivity contribution in [3.63, 3.8) is 0 Å². The van der Waals surface area contributed by atoms with E-state index in [-0.39, 0.29) is 29.7 Å². The highest BCUT2D eigenvalue weighted by Crippen LogP contribution is 2.57. The van der Waals surface area contributed by atoms with Gasteiger partial charge in [-0.25, -0.2) is 0 Å². The Morgan fingerprint density at radius 2 is 0.920 bits per heavy atom. The zero-order valence-corrected chi connectivity index (χ0v) is 27.3. The van der Waals surface area contributed by atoms with E-state index in [0.29, 0.717) is 0 Å². The summed E-state index contributed by atoms with van der Waals surface area (Å²) >= 11 is 0. The van der Waals surface area contributed by atoms with Gasteiger partial charge in [0.05, 0.1) is 18.0 Å². The van der Waals surface area contributed by atoms with Gasteiger partial charge in [-0.1, -0.05) is 182 Å². The Kier molecular flexibility index (Phi) is 6.19. The number of hydrogen-bond acceptors (Lipinski definition) is 1. The molecule has 0 saturated heterocycles. The maximum atomic E-state index is 9.40. The molecule has 1 heteroatoms. The predicted octanol–water partition coefficient (Wildman–Crippen LogP) is 12.9. The maximum Gasteiger partial charge on any atom is 0.0714 e. The molecule has 1 atom stereocenters. The lowest BCUT2D eigenvalue weighted by Gasteiger charge is -2.35. The largest absolute Gasteiger partial charge is 0.310 e. The molecule has 9 rings (SSSR count). The van der Waals surface area contributed by atoms with E-state index in [4.69, 9.17) is 4.11 Å². The molecular formula is C49H35N. The van der Waals surface area contributed by atoms with Crippen LogP contribution >= 0.6 is 0 Å². The highest BCUT2D eigenvalue weighted by Gasteiger charge is 2.46. The third kappa shape index (κ3) is 4.86. The summed E-state index contributed by atoms with van der Waals surface area (Å²) in [5.74, 6) is 0. The molecule has 8 aromatic carbocycles. The molecule has 0 amide bonds. The van der Waals surface area contributed by atoms with Crippen LogP contribution in [0.4, 0.5) is 17.1 Å². The smallest absolute Gasteiger partial charge is 0.0714 e. The van der Waals surface area contributed by atoms with Crippen molar-refractivity contribution in [3.05, 3.63) is 234 Å². The fourth-order valence-corrected chi connectivity index (χ4v) is 7.65. The second-order valence-electron chi connectivity index (χ2n) is 12.5. The second-order valence-corrected chi connectivity index (χ2v) is 12.5. The highest BCUT2D eigenvalue weighted by atomic mass is 15.1. The third-order valence-corrected chi connectivity index (χ3v) is 9.83. The van der Waals surface area contributed by atoms with Crippen LogP contribution in [0.2, 0.25) is 0 Å². The second kappa shape index (κ2) is 12.5. The summed E-state index contributed by atoms with van der Waals surface area (Å²) < 4.78 is 44.9. The van der Waals surface area contributed by atoms with Crippen LogP contribution in [-0.2, 0) is 5.41 Å². The monoisotopic (exact) mass is 642 g/mol. The zero-order valence-electron chi connectivity index (χ0n) is 32.3. The molecule has 236 valence electrons. The molecule has 0 N–H and O–H groups in total. The topological polar surface area (TPSA) is 3.24 Å². The van der Waals surface area contributed by atoms with Gasteiger partial charge in [0, 0.05) is 16.9 Å². The summed E-state index contributed by atoms with van der Waals surface area (Å²) in [4.78, 5) is 2.26. The van der Waals surface area contributed by atoms with Crippen LogP contribution in [0.15, 0.2) is 212 Å². The first-order valence-electron chi connectivity index (χ1n) is 19.4. The third-order valence-electron chi connectivity index (χ3n) is 9.83. The van der Waals surface area contributed by atoms with Crippen LogP contribution < -0.4 is 4.90 Å². The first-order valence-corrected chi connectivity index (χ1v) is 16.9. The molecular weight excluding hydrogens is 603 g/mol. The molecule has 50 heavy (non-hydrogen) atoms. The normalized spacial score (nSPS) is 15.9. The first kappa shape index (κ1) is 24.7. The highest BCUT2D eigenvalue weighted by molar-refractivity contribution is 5.92. The number of benzene rings is 8. The van der Waals surface area contributed by atoms with E-state index in [2.05, 4.69) is 102 Å². The number of anilines is 3. The van der Waals surface area contributed by atoms with Crippen LogP contribution in [0.5, 0.6) is 0 Å². The van der Waals surface area contributed by atoms with Crippen molar-refractivity contribution in [1.82, 2.24) is 0 Å². The van der Waals surface area contributed by atoms with Gasteiger partial charge in [-0.2, -0.15) is 0 Å². The Bertz CT molecular complexity index is 2670. The first-order chi connectivity index (χ1) is 26.9. The molecule has 0 fully saturated rings. The average Bonchev–Trinajstić information content (AvgIpc) is 3.54. The van der Waals surface area contributed by atoms with E-state index in [9.17, 15) is 2.74 Å². The average molecular weight is 643 g/mol. The van der Waals surface area contributed by atoms with Gasteiger partial charge in [0.2, 0.25) is 0 Å². The molecule has 0 spiro atoms. The van der Waals surface area contributed by atoms with Crippen molar-refractivity contribution >= 4 is 17.1 Å². The van der Waals surface area contributed by atoms with Crippen LogP contribution in [0.25, 0.3) is 33.4 Å². The lowest BCUT2D eigenvalue weighted by molar-refractivity contribution is 0.768. The number of rotatable bonds is 7. The molecule has 1 unspecified atom stereocenters. The molecule has 0 radical (unpaired) electrons. The van der Waals surface area contributed by atoms with Crippen LogP contribution in [0.3, 0.4) is 0 Å². The zero-order chi connectivity index (χ0) is 37.7. The number of para-hydroxylation sites is 1. The molecule has 0 bridgehead atoms. The molecule has 0 aromatic heterocycles. The van der Waals surface area contributed by atoms with Crippen molar-refractivity contribution in [2.24, 2.45) is 0 Å². The van der Waals surface area contributed by atoms with Gasteiger partial charge in [-0.15, -0.1) is 0 Å². The van der Waals surface area contributed by atoms with Gasteiger partial charge >= 0.3 is 0 Å². The Morgan fingerprint density at radius 1 is 0.380 bits per heavy atom. The maximum absolute atomic E-state index is 9.40. The fraction of sp³-hybridized carbons (Fsp3) is 0.0204. The minimum absolute atomic E-state index is 0.217. The standard InChI is InChI=1S/C49H35N/c1-5-17-36(18-6-1)37-29-31-41(32-30-37)50(48-28-16-14-25-43(48)38-19-7-2-8-20-38)42-33-34-45-44-26-13-15-27-46(44)49(47(45)35-42,39-21-9-3-10-22-39)40-23-11-4-12-24-40/h1-35H/i3D,9D,10D,21D,22D. The van der Waals surface area contributed by atoms with E-state index in [1.807, 2.05) is 84.9 Å². The molecule has 1 aliphatic rings. The van der Waals surface area contributed by atoms with Crippen LogP contribution in [0, 0.1) is 0 Å². The van der Waals surface area contributed by atoms with Crippen LogP contribution in [0.1, 0.15) is 29.1 Å². The Labute approximate surface area is 301 Å². The summed E-state index contributed by atoms with van der Waals surface area (Å²) in [6.45, 7) is 0. The van der Waals surface area contributed by atoms with Crippen molar-refractivity contribution in [2.45, 2.75) is 5.41 Å². The van der Waals surface area contributed by atoms with Gasteiger partial charge in [0.25, 0.3) is 0 Å². The molecule has 0 aliphatic heterocycles. The van der Waals surface area contributed by atoms with E-state index >= 15 is 0 Å². The number of hydrogen-bond donors (Lipinski definition) is 0. The Balaban J connectivity index is 1.35. The number of nitrogens with zero attached hydrogens (tertiary/aromatic N) is 1. The summed E-state index contributed by atoms with van der Waals surface area (Å²) in [6, 6.07) is 60.4. The van der Waals surface area contributed by atoms with Crippen molar-refractivity contribution in [2.75, 3.05) is 4.90 Å². The summed E-state index contributed by atoms with van der Waals surface area (Å²) in [5, 5.41) is 0. The van der Waals surface area contributed by atoms with Gasteiger partial charge in [0.15, 0.2) is 0 Å². The summed E-state index contributed by atoms with van der Waals surface area (Å²) in [6.07, 6.45) is 0. The van der Waals surface area contributed by atoms with Crippen molar-refractivity contribution in [3.8, 4) is 33.4 Å². The van der Waals surface area contributed by atoms with Crippen molar-refractivity contribution in [1.29, 1.82) is 0 Å². The molecule has 0 heterocycles. The minimum Gasteiger partial charge on any atom is -0.310 e. The quantitative estimate of drug-likeness (QED) is 0.167.